The van der Waals surface area contributed by atoms with Gasteiger partial charge >= 0.3 is 6.03 Å². The third-order valence-corrected chi connectivity index (χ3v) is 4.16. The highest BCUT2D eigenvalue weighted by Gasteiger charge is 2.25. The molecule has 0 spiro atoms. The van der Waals surface area contributed by atoms with E-state index in [1.54, 1.807) is 0 Å². The Morgan fingerprint density at radius 1 is 1.22 bits per heavy atom. The second kappa shape index (κ2) is 8.62. The number of likely N-dealkylation sites (tertiary alicyclic amines) is 1. The van der Waals surface area contributed by atoms with Crippen molar-refractivity contribution in [1.29, 1.82) is 0 Å². The fraction of sp³-hybridized carbons (Fsp3) is 0.529. The summed E-state index contributed by atoms with van der Waals surface area (Å²) in [5.74, 6) is -0.499. The number of carbonyl (C=O) groups excluding carboxylic acids is 2. The quantitative estimate of drug-likeness (QED) is 0.871. The zero-order valence-electron chi connectivity index (χ0n) is 13.5. The third kappa shape index (κ3) is 5.63. The minimum Gasteiger partial charge on any atom is -0.338 e. The van der Waals surface area contributed by atoms with Crippen LogP contribution in [0.4, 0.5) is 9.18 Å². The molecule has 0 saturated carbocycles. The molecule has 0 bridgehead atoms. The number of rotatable bonds is 5. The van der Waals surface area contributed by atoms with Crippen LogP contribution in [0.3, 0.4) is 0 Å². The average Bonchev–Trinajstić information content (AvgIpc) is 2.55. The van der Waals surface area contributed by atoms with Crippen molar-refractivity contribution in [3.63, 3.8) is 0 Å². The van der Waals surface area contributed by atoms with Gasteiger partial charge in [0, 0.05) is 19.0 Å². The summed E-state index contributed by atoms with van der Waals surface area (Å²) in [6, 6.07) is 6.15. The smallest absolute Gasteiger partial charge is 0.321 e. The normalized spacial score (nSPS) is 16.1. The van der Waals surface area contributed by atoms with E-state index >= 15 is 0 Å². The van der Waals surface area contributed by atoms with Gasteiger partial charge in [0.2, 0.25) is 5.91 Å². The van der Waals surface area contributed by atoms with Crippen LogP contribution in [-0.2, 0) is 11.2 Å². The van der Waals surface area contributed by atoms with Crippen LogP contribution in [-0.4, -0.2) is 43.0 Å². The number of piperidine rings is 1. The molecule has 0 radical (unpaired) electrons. The molecular weight excluding hydrogens is 297 g/mol. The SMILES string of the molecule is CCNC(=O)NC(=O)C1CCN(CCc2ccc(F)cc2)CC1. The minimum absolute atomic E-state index is 0.0975. The highest BCUT2D eigenvalue weighted by Crippen LogP contribution is 2.17. The first-order valence-electron chi connectivity index (χ1n) is 8.14. The monoisotopic (exact) mass is 321 g/mol. The van der Waals surface area contributed by atoms with Crippen LogP contribution in [0.5, 0.6) is 0 Å². The number of nitrogens with zero attached hydrogens (tertiary/aromatic N) is 1. The van der Waals surface area contributed by atoms with Crippen LogP contribution >= 0.6 is 0 Å². The molecule has 1 aliphatic heterocycles. The zero-order valence-corrected chi connectivity index (χ0v) is 13.5. The van der Waals surface area contributed by atoms with Gasteiger partial charge in [0.1, 0.15) is 5.82 Å². The molecule has 3 amide bonds. The number of urea groups is 1. The number of imide groups is 1. The molecule has 0 unspecified atom stereocenters. The predicted molar refractivity (Wildman–Crippen MR) is 86.5 cm³/mol. The van der Waals surface area contributed by atoms with Crippen molar-refractivity contribution in [2.24, 2.45) is 5.92 Å². The van der Waals surface area contributed by atoms with Gasteiger partial charge in [0.05, 0.1) is 0 Å². The van der Waals surface area contributed by atoms with E-state index in [-0.39, 0.29) is 17.6 Å². The summed E-state index contributed by atoms with van der Waals surface area (Å²) in [6.45, 7) is 4.89. The molecule has 126 valence electrons. The molecule has 1 aromatic rings. The summed E-state index contributed by atoms with van der Waals surface area (Å²) in [7, 11) is 0. The maximum absolute atomic E-state index is 12.9. The van der Waals surface area contributed by atoms with Crippen molar-refractivity contribution in [2.75, 3.05) is 26.2 Å². The number of hydrogen-bond acceptors (Lipinski definition) is 3. The molecule has 0 aromatic heterocycles. The number of halogens is 1. The lowest BCUT2D eigenvalue weighted by Crippen LogP contribution is -2.45. The molecule has 1 fully saturated rings. The first kappa shape index (κ1) is 17.4. The number of carbonyl (C=O) groups is 2. The van der Waals surface area contributed by atoms with Gasteiger partial charge in [-0.15, -0.1) is 0 Å². The molecule has 23 heavy (non-hydrogen) atoms. The van der Waals surface area contributed by atoms with Gasteiger partial charge in [-0.1, -0.05) is 12.1 Å². The second-order valence-electron chi connectivity index (χ2n) is 5.84. The summed E-state index contributed by atoms with van der Waals surface area (Å²) in [5.41, 5.74) is 1.11. The van der Waals surface area contributed by atoms with Gasteiger partial charge in [-0.05, 0) is 57.0 Å². The van der Waals surface area contributed by atoms with Crippen LogP contribution in [0.1, 0.15) is 25.3 Å². The Morgan fingerprint density at radius 3 is 2.48 bits per heavy atom. The molecule has 1 aliphatic rings. The lowest BCUT2D eigenvalue weighted by molar-refractivity contribution is -0.125. The topological polar surface area (TPSA) is 61.4 Å². The van der Waals surface area contributed by atoms with Crippen LogP contribution in [0.2, 0.25) is 0 Å². The molecule has 1 aromatic carbocycles. The molecule has 0 aliphatic carbocycles. The molecule has 0 atom stereocenters. The Kier molecular flexibility index (Phi) is 6.52. The van der Waals surface area contributed by atoms with E-state index in [2.05, 4.69) is 15.5 Å². The standard InChI is InChI=1S/C17H24FN3O2/c1-2-19-17(23)20-16(22)14-8-11-21(12-9-14)10-7-13-3-5-15(18)6-4-13/h3-6,14H,2,7-12H2,1H3,(H2,19,20,22,23). The van der Waals surface area contributed by atoms with E-state index in [1.807, 2.05) is 19.1 Å². The van der Waals surface area contributed by atoms with E-state index < -0.39 is 6.03 Å². The Labute approximate surface area is 136 Å². The van der Waals surface area contributed by atoms with E-state index in [4.69, 9.17) is 0 Å². The van der Waals surface area contributed by atoms with Crippen molar-refractivity contribution in [2.45, 2.75) is 26.2 Å². The van der Waals surface area contributed by atoms with Crippen molar-refractivity contribution in [1.82, 2.24) is 15.5 Å². The summed E-state index contributed by atoms with van der Waals surface area (Å²) in [4.78, 5) is 25.6. The van der Waals surface area contributed by atoms with Gasteiger partial charge in [0.25, 0.3) is 0 Å². The fourth-order valence-corrected chi connectivity index (χ4v) is 2.78. The van der Waals surface area contributed by atoms with Crippen LogP contribution in [0.25, 0.3) is 0 Å². The average molecular weight is 321 g/mol. The van der Waals surface area contributed by atoms with Gasteiger partial charge in [-0.25, -0.2) is 9.18 Å². The molecule has 2 N–H and O–H groups in total. The number of amides is 3. The predicted octanol–water partition coefficient (Wildman–Crippen LogP) is 1.93. The summed E-state index contributed by atoms with van der Waals surface area (Å²) < 4.78 is 12.9. The Hall–Kier alpha value is -1.95. The van der Waals surface area contributed by atoms with Gasteiger partial charge < -0.3 is 10.2 Å². The van der Waals surface area contributed by atoms with Crippen molar-refractivity contribution < 1.29 is 14.0 Å². The summed E-state index contributed by atoms with van der Waals surface area (Å²) in [6.07, 6.45) is 2.39. The van der Waals surface area contributed by atoms with Crippen molar-refractivity contribution >= 4 is 11.9 Å². The maximum Gasteiger partial charge on any atom is 0.321 e. The Bertz CT molecular complexity index is 525. The summed E-state index contributed by atoms with van der Waals surface area (Å²) in [5, 5.41) is 4.94. The van der Waals surface area contributed by atoms with E-state index in [0.29, 0.717) is 6.54 Å². The van der Waals surface area contributed by atoms with E-state index in [1.165, 1.54) is 12.1 Å². The van der Waals surface area contributed by atoms with Gasteiger partial charge in [-0.3, -0.25) is 10.1 Å². The zero-order chi connectivity index (χ0) is 16.7. The molecule has 2 rings (SSSR count). The first-order chi connectivity index (χ1) is 11.1. The lowest BCUT2D eigenvalue weighted by atomic mass is 9.95. The van der Waals surface area contributed by atoms with E-state index in [0.717, 1.165) is 44.5 Å². The third-order valence-electron chi connectivity index (χ3n) is 4.16. The van der Waals surface area contributed by atoms with E-state index in [9.17, 15) is 14.0 Å². The van der Waals surface area contributed by atoms with Gasteiger partial charge in [0.15, 0.2) is 0 Å². The largest absolute Gasteiger partial charge is 0.338 e. The highest BCUT2D eigenvalue weighted by atomic mass is 19.1. The van der Waals surface area contributed by atoms with Crippen molar-refractivity contribution in [3.8, 4) is 0 Å². The van der Waals surface area contributed by atoms with Crippen LogP contribution < -0.4 is 10.6 Å². The van der Waals surface area contributed by atoms with Gasteiger partial charge in [-0.2, -0.15) is 0 Å². The Balaban J connectivity index is 1.70. The Morgan fingerprint density at radius 2 is 1.87 bits per heavy atom. The number of hydrogen-bond donors (Lipinski definition) is 2. The van der Waals surface area contributed by atoms with Crippen LogP contribution in [0.15, 0.2) is 24.3 Å². The van der Waals surface area contributed by atoms with Crippen molar-refractivity contribution in [3.05, 3.63) is 35.6 Å². The maximum atomic E-state index is 12.9. The van der Waals surface area contributed by atoms with Crippen LogP contribution in [0, 0.1) is 11.7 Å². The molecular formula is C17H24FN3O2. The molecule has 1 heterocycles. The molecule has 5 nitrogen and oxygen atoms in total. The molecule has 6 heteroatoms. The lowest BCUT2D eigenvalue weighted by Gasteiger charge is -2.31. The number of benzene rings is 1. The summed E-state index contributed by atoms with van der Waals surface area (Å²) >= 11 is 0. The molecule has 1 saturated heterocycles. The minimum atomic E-state index is -0.420. The fourth-order valence-electron chi connectivity index (χ4n) is 2.78. The second-order valence-corrected chi connectivity index (χ2v) is 5.84. The highest BCUT2D eigenvalue weighted by molar-refractivity contribution is 5.95. The first-order valence-corrected chi connectivity index (χ1v) is 8.14. The number of nitrogens with one attached hydrogen (secondary N) is 2.